The lowest BCUT2D eigenvalue weighted by Gasteiger charge is -2.20. The maximum atomic E-state index is 12.2. The Balaban J connectivity index is 3.07. The van der Waals surface area contributed by atoms with Crippen LogP contribution in [0.3, 0.4) is 0 Å². The number of nitro groups is 1. The maximum absolute atomic E-state index is 12.2. The van der Waals surface area contributed by atoms with Crippen LogP contribution in [-0.2, 0) is 9.47 Å². The first-order valence-electron chi connectivity index (χ1n) is 6.49. The molecule has 0 aliphatic heterocycles. The second-order valence-electron chi connectivity index (χ2n) is 5.41. The van der Waals surface area contributed by atoms with Crippen molar-refractivity contribution in [2.75, 3.05) is 25.6 Å². The molecule has 0 unspecified atom stereocenters. The number of anilines is 1. The summed E-state index contributed by atoms with van der Waals surface area (Å²) in [6.45, 7) is 6.13. The number of nitrogens with one attached hydrogen (secondary N) is 1. The van der Waals surface area contributed by atoms with Gasteiger partial charge in [-0.25, -0.2) is 4.79 Å². The maximum Gasteiger partial charge on any atom is 0.341 e. The van der Waals surface area contributed by atoms with Crippen LogP contribution in [0.25, 0.3) is 0 Å². The Morgan fingerprint density at radius 2 is 2.05 bits per heavy atom. The lowest BCUT2D eigenvalue weighted by Crippen LogP contribution is -2.24. The van der Waals surface area contributed by atoms with Gasteiger partial charge >= 0.3 is 5.97 Å². The highest BCUT2D eigenvalue weighted by molar-refractivity contribution is 5.96. The summed E-state index contributed by atoms with van der Waals surface area (Å²) in [6, 6.07) is 4.04. The van der Waals surface area contributed by atoms with E-state index in [1.165, 1.54) is 18.2 Å². The second-order valence-corrected chi connectivity index (χ2v) is 5.41. The van der Waals surface area contributed by atoms with E-state index in [0.29, 0.717) is 18.8 Å². The van der Waals surface area contributed by atoms with Crippen LogP contribution < -0.4 is 5.32 Å². The van der Waals surface area contributed by atoms with Gasteiger partial charge in [0, 0.05) is 31.5 Å². The molecule has 1 N–H and O–H groups in total. The lowest BCUT2D eigenvalue weighted by molar-refractivity contribution is -0.384. The molecule has 0 aliphatic carbocycles. The van der Waals surface area contributed by atoms with Crippen LogP contribution >= 0.6 is 0 Å². The third-order valence-electron chi connectivity index (χ3n) is 2.45. The average molecular weight is 296 g/mol. The quantitative estimate of drug-likeness (QED) is 0.375. The largest absolute Gasteiger partial charge is 0.456 e. The van der Waals surface area contributed by atoms with Crippen molar-refractivity contribution in [2.45, 2.75) is 26.4 Å². The van der Waals surface area contributed by atoms with Gasteiger partial charge in [-0.15, -0.1) is 0 Å². The van der Waals surface area contributed by atoms with Gasteiger partial charge in [-0.3, -0.25) is 10.1 Å². The number of nitro benzene ring substituents is 1. The van der Waals surface area contributed by atoms with Crippen LogP contribution in [0.1, 0.15) is 31.1 Å². The minimum atomic E-state index is -0.675. The zero-order valence-corrected chi connectivity index (χ0v) is 12.6. The standard InChI is InChI=1S/C14H20N2O5/c1-14(2,3)21-13(17)11-9-10(16(18)19)5-6-12(11)15-7-8-20-4/h5-6,9,15H,7-8H2,1-4H3. The molecule has 0 bridgehead atoms. The number of carbonyl (C=O) groups is 1. The first kappa shape index (κ1) is 16.9. The molecule has 0 amide bonds. The molecule has 1 aromatic rings. The Hall–Kier alpha value is -2.15. The normalized spacial score (nSPS) is 11.0. The van der Waals surface area contributed by atoms with E-state index in [1.807, 2.05) is 0 Å². The van der Waals surface area contributed by atoms with E-state index in [0.717, 1.165) is 0 Å². The van der Waals surface area contributed by atoms with Crippen LogP contribution in [0.5, 0.6) is 0 Å². The van der Waals surface area contributed by atoms with Crippen LogP contribution in [-0.4, -0.2) is 36.8 Å². The summed E-state index contributed by atoms with van der Waals surface area (Å²) in [6.07, 6.45) is 0. The van der Waals surface area contributed by atoms with Gasteiger partial charge in [-0.05, 0) is 26.8 Å². The molecule has 0 atom stereocenters. The number of non-ortho nitro benzene ring substituents is 1. The Morgan fingerprint density at radius 3 is 2.57 bits per heavy atom. The van der Waals surface area contributed by atoms with E-state index in [4.69, 9.17) is 9.47 Å². The monoisotopic (exact) mass is 296 g/mol. The molecule has 0 aromatic heterocycles. The summed E-state index contributed by atoms with van der Waals surface area (Å²) in [7, 11) is 1.56. The van der Waals surface area contributed by atoms with Gasteiger partial charge in [-0.1, -0.05) is 0 Å². The Bertz CT molecular complexity index is 523. The van der Waals surface area contributed by atoms with Crippen molar-refractivity contribution >= 4 is 17.3 Å². The van der Waals surface area contributed by atoms with E-state index in [-0.39, 0.29) is 11.3 Å². The van der Waals surface area contributed by atoms with Crippen molar-refractivity contribution in [1.82, 2.24) is 0 Å². The molecule has 116 valence electrons. The molecule has 1 rings (SSSR count). The molecular formula is C14H20N2O5. The molecule has 0 spiro atoms. The highest BCUT2D eigenvalue weighted by Gasteiger charge is 2.22. The number of rotatable bonds is 6. The number of hydrogen-bond donors (Lipinski definition) is 1. The predicted octanol–water partition coefficient (Wildman–Crippen LogP) is 2.61. The van der Waals surface area contributed by atoms with E-state index in [1.54, 1.807) is 27.9 Å². The number of hydrogen-bond acceptors (Lipinski definition) is 6. The number of nitrogens with zero attached hydrogens (tertiary/aromatic N) is 1. The van der Waals surface area contributed by atoms with E-state index >= 15 is 0 Å². The SMILES string of the molecule is COCCNc1ccc([N+](=O)[O-])cc1C(=O)OC(C)(C)C. The zero-order chi connectivity index (χ0) is 16.0. The minimum Gasteiger partial charge on any atom is -0.456 e. The fraction of sp³-hybridized carbons (Fsp3) is 0.500. The molecule has 0 saturated heterocycles. The van der Waals surface area contributed by atoms with Crippen LogP contribution in [0.2, 0.25) is 0 Å². The summed E-state index contributed by atoms with van der Waals surface area (Å²) in [5.41, 5.74) is -0.221. The number of ether oxygens (including phenoxy) is 2. The van der Waals surface area contributed by atoms with E-state index < -0.39 is 16.5 Å². The summed E-state index contributed by atoms with van der Waals surface area (Å²) in [4.78, 5) is 22.5. The lowest BCUT2D eigenvalue weighted by atomic mass is 10.1. The fourth-order valence-electron chi connectivity index (χ4n) is 1.59. The van der Waals surface area contributed by atoms with Crippen molar-refractivity contribution < 1.29 is 19.2 Å². The fourth-order valence-corrected chi connectivity index (χ4v) is 1.59. The number of esters is 1. The smallest absolute Gasteiger partial charge is 0.341 e. The number of benzene rings is 1. The Morgan fingerprint density at radius 1 is 1.38 bits per heavy atom. The zero-order valence-electron chi connectivity index (χ0n) is 12.6. The molecule has 7 nitrogen and oxygen atoms in total. The van der Waals surface area contributed by atoms with Crippen LogP contribution in [0.15, 0.2) is 18.2 Å². The summed E-state index contributed by atoms with van der Waals surface area (Å²) < 4.78 is 10.2. The minimum absolute atomic E-state index is 0.134. The van der Waals surface area contributed by atoms with Gasteiger partial charge in [0.05, 0.1) is 17.1 Å². The topological polar surface area (TPSA) is 90.7 Å². The van der Waals surface area contributed by atoms with Crippen LogP contribution in [0, 0.1) is 10.1 Å². The summed E-state index contributed by atoms with van der Waals surface area (Å²) >= 11 is 0. The van der Waals surface area contributed by atoms with Crippen molar-refractivity contribution in [3.05, 3.63) is 33.9 Å². The van der Waals surface area contributed by atoms with Crippen LogP contribution in [0.4, 0.5) is 11.4 Å². The van der Waals surface area contributed by atoms with Crippen molar-refractivity contribution in [2.24, 2.45) is 0 Å². The third-order valence-corrected chi connectivity index (χ3v) is 2.45. The molecule has 1 aromatic carbocycles. The van der Waals surface area contributed by atoms with Gasteiger partial charge < -0.3 is 14.8 Å². The Kier molecular flexibility index (Phi) is 5.66. The molecule has 0 aliphatic rings. The molecule has 0 saturated carbocycles. The summed E-state index contributed by atoms with van der Waals surface area (Å²) in [5.74, 6) is -0.605. The molecule has 0 heterocycles. The van der Waals surface area contributed by atoms with Gasteiger partial charge in [0.25, 0.3) is 5.69 Å². The second kappa shape index (κ2) is 7.03. The molecule has 21 heavy (non-hydrogen) atoms. The average Bonchev–Trinajstić information content (AvgIpc) is 2.37. The van der Waals surface area contributed by atoms with Gasteiger partial charge in [0.1, 0.15) is 5.60 Å². The van der Waals surface area contributed by atoms with Gasteiger partial charge in [-0.2, -0.15) is 0 Å². The van der Waals surface area contributed by atoms with Gasteiger partial charge in [0.15, 0.2) is 0 Å². The predicted molar refractivity (Wildman–Crippen MR) is 78.6 cm³/mol. The van der Waals surface area contributed by atoms with Gasteiger partial charge in [0.2, 0.25) is 0 Å². The molecule has 0 fully saturated rings. The van der Waals surface area contributed by atoms with Crippen molar-refractivity contribution in [3.63, 3.8) is 0 Å². The van der Waals surface area contributed by atoms with Crippen molar-refractivity contribution in [3.8, 4) is 0 Å². The number of carbonyl (C=O) groups excluding carboxylic acids is 1. The molecule has 0 radical (unpaired) electrons. The third kappa shape index (κ3) is 5.39. The highest BCUT2D eigenvalue weighted by atomic mass is 16.6. The van der Waals surface area contributed by atoms with E-state index in [9.17, 15) is 14.9 Å². The first-order chi connectivity index (χ1) is 9.74. The highest BCUT2D eigenvalue weighted by Crippen LogP contribution is 2.24. The number of methoxy groups -OCH3 is 1. The molecule has 7 heteroatoms. The summed E-state index contributed by atoms with van der Waals surface area (Å²) in [5, 5.41) is 13.8. The Labute approximate surface area is 123 Å². The first-order valence-corrected chi connectivity index (χ1v) is 6.49. The van der Waals surface area contributed by atoms with Crippen molar-refractivity contribution in [1.29, 1.82) is 0 Å². The van der Waals surface area contributed by atoms with E-state index in [2.05, 4.69) is 5.32 Å². The molecular weight excluding hydrogens is 276 g/mol.